The van der Waals surface area contributed by atoms with Crippen molar-refractivity contribution in [1.29, 1.82) is 0 Å². The topological polar surface area (TPSA) is 79.5 Å². The third-order valence-corrected chi connectivity index (χ3v) is 4.78. The highest BCUT2D eigenvalue weighted by Gasteiger charge is 2.20. The van der Waals surface area contributed by atoms with Crippen LogP contribution in [0.5, 0.6) is 0 Å². The number of aromatic carboxylic acids is 1. The SMILES string of the molecule is N[C@H]1CCCN(c2cc3cc(C(=O)O)ccc3c3cnccc23)C1. The molecule has 1 fully saturated rings. The summed E-state index contributed by atoms with van der Waals surface area (Å²) in [6, 6.07) is 9.54. The van der Waals surface area contributed by atoms with E-state index in [1.807, 2.05) is 18.3 Å². The first-order chi connectivity index (χ1) is 11.6. The predicted molar refractivity (Wildman–Crippen MR) is 95.6 cm³/mol. The van der Waals surface area contributed by atoms with Gasteiger partial charge in [0.1, 0.15) is 0 Å². The summed E-state index contributed by atoms with van der Waals surface area (Å²) in [6.07, 6.45) is 5.77. The summed E-state index contributed by atoms with van der Waals surface area (Å²) in [5.74, 6) is -0.912. The largest absolute Gasteiger partial charge is 0.478 e. The maximum absolute atomic E-state index is 11.3. The van der Waals surface area contributed by atoms with Crippen molar-refractivity contribution in [1.82, 2.24) is 4.98 Å². The summed E-state index contributed by atoms with van der Waals surface area (Å²) < 4.78 is 0. The predicted octanol–water partition coefficient (Wildman–Crippen LogP) is 3.01. The molecule has 0 spiro atoms. The maximum atomic E-state index is 11.3. The fourth-order valence-corrected chi connectivity index (χ4v) is 3.61. The third-order valence-electron chi connectivity index (χ3n) is 4.78. The van der Waals surface area contributed by atoms with Gasteiger partial charge in [0.25, 0.3) is 0 Å². The van der Waals surface area contributed by atoms with Crippen LogP contribution >= 0.6 is 0 Å². The Morgan fingerprint density at radius 2 is 2.08 bits per heavy atom. The van der Waals surface area contributed by atoms with Gasteiger partial charge in [0.05, 0.1) is 5.56 Å². The van der Waals surface area contributed by atoms with Gasteiger partial charge in [0.15, 0.2) is 0 Å². The van der Waals surface area contributed by atoms with Gasteiger partial charge < -0.3 is 15.7 Å². The van der Waals surface area contributed by atoms with Crippen LogP contribution in [-0.2, 0) is 0 Å². The van der Waals surface area contributed by atoms with Gasteiger partial charge in [0, 0.05) is 48.0 Å². The van der Waals surface area contributed by atoms with Crippen molar-refractivity contribution in [3.8, 4) is 0 Å². The van der Waals surface area contributed by atoms with Gasteiger partial charge in [-0.25, -0.2) is 4.79 Å². The minimum Gasteiger partial charge on any atom is -0.478 e. The smallest absolute Gasteiger partial charge is 0.335 e. The zero-order valence-electron chi connectivity index (χ0n) is 13.3. The van der Waals surface area contributed by atoms with Crippen molar-refractivity contribution >= 4 is 33.2 Å². The summed E-state index contributed by atoms with van der Waals surface area (Å²) in [5, 5.41) is 13.4. The highest BCUT2D eigenvalue weighted by molar-refractivity contribution is 6.13. The number of carboxylic acid groups (broad SMARTS) is 1. The fraction of sp³-hybridized carbons (Fsp3) is 0.263. The lowest BCUT2D eigenvalue weighted by atomic mass is 9.98. The number of carboxylic acids is 1. The summed E-state index contributed by atoms with van der Waals surface area (Å²) in [5.41, 5.74) is 7.56. The van der Waals surface area contributed by atoms with Gasteiger partial charge in [-0.15, -0.1) is 0 Å². The number of carbonyl (C=O) groups is 1. The van der Waals surface area contributed by atoms with Crippen molar-refractivity contribution in [2.75, 3.05) is 18.0 Å². The van der Waals surface area contributed by atoms with Crippen molar-refractivity contribution in [2.45, 2.75) is 18.9 Å². The molecule has 3 aromatic rings. The van der Waals surface area contributed by atoms with Gasteiger partial charge in [-0.3, -0.25) is 4.98 Å². The van der Waals surface area contributed by atoms with Crippen molar-refractivity contribution in [3.63, 3.8) is 0 Å². The first-order valence-corrected chi connectivity index (χ1v) is 8.18. The van der Waals surface area contributed by atoms with E-state index < -0.39 is 5.97 Å². The number of nitrogens with two attached hydrogens (primary N) is 1. The minimum absolute atomic E-state index is 0.177. The van der Waals surface area contributed by atoms with Crippen molar-refractivity contribution in [3.05, 3.63) is 48.3 Å². The number of hydrogen-bond donors (Lipinski definition) is 2. The van der Waals surface area contributed by atoms with Crippen LogP contribution in [0.25, 0.3) is 21.5 Å². The van der Waals surface area contributed by atoms with Crippen LogP contribution in [0.3, 0.4) is 0 Å². The van der Waals surface area contributed by atoms with Gasteiger partial charge in [-0.1, -0.05) is 6.07 Å². The molecule has 1 aliphatic rings. The lowest BCUT2D eigenvalue weighted by molar-refractivity contribution is 0.0697. The second-order valence-electron chi connectivity index (χ2n) is 6.41. The third kappa shape index (κ3) is 2.47. The highest BCUT2D eigenvalue weighted by atomic mass is 16.4. The Labute approximate surface area is 139 Å². The summed E-state index contributed by atoms with van der Waals surface area (Å²) in [6.45, 7) is 1.79. The van der Waals surface area contributed by atoms with Crippen LogP contribution in [0.15, 0.2) is 42.7 Å². The maximum Gasteiger partial charge on any atom is 0.335 e. The summed E-state index contributed by atoms with van der Waals surface area (Å²) >= 11 is 0. The highest BCUT2D eigenvalue weighted by Crippen LogP contribution is 2.35. The van der Waals surface area contributed by atoms with Crippen LogP contribution in [0, 0.1) is 0 Å². The molecule has 0 amide bonds. The molecule has 0 aliphatic carbocycles. The van der Waals surface area contributed by atoms with E-state index in [4.69, 9.17) is 5.73 Å². The summed E-state index contributed by atoms with van der Waals surface area (Å²) in [4.78, 5) is 17.9. The molecule has 0 saturated carbocycles. The zero-order chi connectivity index (χ0) is 16.7. The Bertz CT molecular complexity index is 938. The van der Waals surface area contributed by atoms with Crippen molar-refractivity contribution < 1.29 is 9.90 Å². The normalized spacial score (nSPS) is 18.2. The molecule has 1 aliphatic heterocycles. The van der Waals surface area contributed by atoms with E-state index >= 15 is 0 Å². The molecule has 122 valence electrons. The number of anilines is 1. The monoisotopic (exact) mass is 321 g/mol. The Morgan fingerprint density at radius 3 is 2.88 bits per heavy atom. The second-order valence-corrected chi connectivity index (χ2v) is 6.41. The average molecular weight is 321 g/mol. The Balaban J connectivity index is 1.97. The average Bonchev–Trinajstić information content (AvgIpc) is 2.60. The van der Waals surface area contributed by atoms with Gasteiger partial charge in [-0.05, 0) is 47.9 Å². The number of aromatic nitrogens is 1. The van der Waals surface area contributed by atoms with E-state index in [2.05, 4.69) is 16.0 Å². The van der Waals surface area contributed by atoms with E-state index in [0.717, 1.165) is 53.2 Å². The molecule has 1 aromatic heterocycles. The molecule has 5 nitrogen and oxygen atoms in total. The number of pyridine rings is 1. The molecule has 0 unspecified atom stereocenters. The van der Waals surface area contributed by atoms with E-state index in [9.17, 15) is 9.90 Å². The van der Waals surface area contributed by atoms with Gasteiger partial charge in [-0.2, -0.15) is 0 Å². The molecule has 2 heterocycles. The van der Waals surface area contributed by atoms with Crippen LogP contribution in [0.1, 0.15) is 23.2 Å². The summed E-state index contributed by atoms with van der Waals surface area (Å²) in [7, 11) is 0. The molecule has 1 atom stereocenters. The second kappa shape index (κ2) is 5.76. The van der Waals surface area contributed by atoms with Crippen LogP contribution < -0.4 is 10.6 Å². The lowest BCUT2D eigenvalue weighted by Gasteiger charge is -2.33. The van der Waals surface area contributed by atoms with E-state index in [0.29, 0.717) is 5.56 Å². The number of nitrogens with zero attached hydrogens (tertiary/aromatic N) is 2. The molecule has 1 saturated heterocycles. The lowest BCUT2D eigenvalue weighted by Crippen LogP contribution is -2.42. The molecule has 0 bridgehead atoms. The molecule has 4 rings (SSSR count). The standard InChI is InChI=1S/C19H19N3O2/c20-14-2-1-7-22(11-14)18-9-13-8-12(19(23)24)3-4-15(13)17-10-21-6-5-16(17)18/h3-6,8-10,14H,1-2,7,11,20H2,(H,23,24)/t14-/m0/s1. The Kier molecular flexibility index (Phi) is 3.58. The number of hydrogen-bond acceptors (Lipinski definition) is 4. The fourth-order valence-electron chi connectivity index (χ4n) is 3.61. The molecular formula is C19H19N3O2. The van der Waals surface area contributed by atoms with Gasteiger partial charge in [0.2, 0.25) is 0 Å². The van der Waals surface area contributed by atoms with Crippen LogP contribution in [0.4, 0.5) is 5.69 Å². The van der Waals surface area contributed by atoms with E-state index in [1.54, 1.807) is 18.3 Å². The van der Waals surface area contributed by atoms with E-state index in [-0.39, 0.29) is 6.04 Å². The molecular weight excluding hydrogens is 302 g/mol. The Hall–Kier alpha value is -2.66. The van der Waals surface area contributed by atoms with Crippen LogP contribution in [-0.4, -0.2) is 35.2 Å². The number of rotatable bonds is 2. The van der Waals surface area contributed by atoms with Crippen molar-refractivity contribution in [2.24, 2.45) is 5.73 Å². The zero-order valence-corrected chi connectivity index (χ0v) is 13.3. The first-order valence-electron chi connectivity index (χ1n) is 8.18. The number of piperidine rings is 1. The molecule has 24 heavy (non-hydrogen) atoms. The van der Waals surface area contributed by atoms with Gasteiger partial charge >= 0.3 is 5.97 Å². The molecule has 3 N–H and O–H groups in total. The molecule has 0 radical (unpaired) electrons. The Morgan fingerprint density at radius 1 is 1.21 bits per heavy atom. The number of benzene rings is 2. The molecule has 2 aromatic carbocycles. The minimum atomic E-state index is -0.912. The molecule has 5 heteroatoms. The van der Waals surface area contributed by atoms with E-state index in [1.165, 1.54) is 0 Å². The quantitative estimate of drug-likeness (QED) is 0.709. The van der Waals surface area contributed by atoms with Crippen LogP contribution in [0.2, 0.25) is 0 Å². The first kappa shape index (κ1) is 14.9. The number of fused-ring (bicyclic) bond motifs is 3.